The smallest absolute Gasteiger partial charge is 0.330 e. The van der Waals surface area contributed by atoms with Crippen molar-refractivity contribution in [3.05, 3.63) is 62.5 Å². The minimum Gasteiger partial charge on any atom is -0.493 e. The van der Waals surface area contributed by atoms with Gasteiger partial charge < -0.3 is 14.2 Å². The molecule has 0 bridgehead atoms. The second kappa shape index (κ2) is 9.63. The van der Waals surface area contributed by atoms with Crippen LogP contribution in [0.25, 0.3) is 6.08 Å². The van der Waals surface area contributed by atoms with Crippen LogP contribution in [-0.4, -0.2) is 19.7 Å². The monoisotopic (exact) mass is 468 g/mol. The maximum Gasteiger partial charge on any atom is 0.330 e. The Bertz CT molecular complexity index is 755. The van der Waals surface area contributed by atoms with E-state index in [0.29, 0.717) is 24.7 Å². The molecule has 2 aromatic rings. The standard InChI is InChI=1S/C19H18Br2O4/c1-3-24-18(22)9-6-14-10-16(21)19(17(11-14)23-2)25-12-13-4-7-15(20)8-5-13/h4-11H,3,12H2,1-2H3/b9-6+. The summed E-state index contributed by atoms with van der Waals surface area (Å²) in [6, 6.07) is 11.6. The van der Waals surface area contributed by atoms with Crippen molar-refractivity contribution in [1.29, 1.82) is 0 Å². The summed E-state index contributed by atoms with van der Waals surface area (Å²) in [5.74, 6) is 0.807. The van der Waals surface area contributed by atoms with Crippen molar-refractivity contribution in [2.24, 2.45) is 0 Å². The van der Waals surface area contributed by atoms with Gasteiger partial charge in [-0.25, -0.2) is 4.79 Å². The van der Waals surface area contributed by atoms with Crippen LogP contribution in [0, 0.1) is 0 Å². The van der Waals surface area contributed by atoms with Crippen molar-refractivity contribution in [2.45, 2.75) is 13.5 Å². The highest BCUT2D eigenvalue weighted by molar-refractivity contribution is 9.10. The fourth-order valence-corrected chi connectivity index (χ4v) is 2.91. The average Bonchev–Trinajstić information content (AvgIpc) is 2.60. The normalized spacial score (nSPS) is 10.7. The van der Waals surface area contributed by atoms with Gasteiger partial charge in [-0.05, 0) is 64.3 Å². The first kappa shape index (κ1) is 19.5. The molecule has 132 valence electrons. The molecule has 0 amide bonds. The van der Waals surface area contributed by atoms with Gasteiger partial charge in [0.2, 0.25) is 0 Å². The zero-order chi connectivity index (χ0) is 18.2. The number of esters is 1. The predicted octanol–water partition coefficient (Wildman–Crippen LogP) is 5.38. The first-order valence-electron chi connectivity index (χ1n) is 7.63. The molecule has 0 atom stereocenters. The molecule has 0 unspecified atom stereocenters. The summed E-state index contributed by atoms with van der Waals surface area (Å²) in [6.45, 7) is 2.53. The van der Waals surface area contributed by atoms with Crippen LogP contribution in [0.1, 0.15) is 18.1 Å². The molecule has 0 saturated heterocycles. The first-order valence-corrected chi connectivity index (χ1v) is 9.21. The molecule has 0 aliphatic carbocycles. The van der Waals surface area contributed by atoms with E-state index in [-0.39, 0.29) is 5.97 Å². The molecule has 4 nitrogen and oxygen atoms in total. The number of carbonyl (C=O) groups excluding carboxylic acids is 1. The van der Waals surface area contributed by atoms with E-state index in [2.05, 4.69) is 31.9 Å². The molecule has 2 aromatic carbocycles. The Labute approximate surface area is 164 Å². The van der Waals surface area contributed by atoms with E-state index < -0.39 is 0 Å². The molecule has 0 aliphatic rings. The Balaban J connectivity index is 2.15. The molecule has 0 radical (unpaired) electrons. The van der Waals surface area contributed by atoms with Gasteiger partial charge in [-0.3, -0.25) is 0 Å². The number of hydrogen-bond acceptors (Lipinski definition) is 4. The number of ether oxygens (including phenoxy) is 3. The second-order valence-electron chi connectivity index (χ2n) is 5.03. The van der Waals surface area contributed by atoms with Crippen LogP contribution < -0.4 is 9.47 Å². The van der Waals surface area contributed by atoms with E-state index in [4.69, 9.17) is 14.2 Å². The first-order chi connectivity index (χ1) is 12.0. The topological polar surface area (TPSA) is 44.8 Å². The third-order valence-corrected chi connectivity index (χ3v) is 4.36. The van der Waals surface area contributed by atoms with Gasteiger partial charge in [0.05, 0.1) is 18.2 Å². The number of carbonyl (C=O) groups is 1. The van der Waals surface area contributed by atoms with E-state index in [9.17, 15) is 4.79 Å². The molecular weight excluding hydrogens is 452 g/mol. The molecule has 0 fully saturated rings. The van der Waals surface area contributed by atoms with Crippen LogP contribution in [0.15, 0.2) is 51.4 Å². The molecule has 0 N–H and O–H groups in total. The van der Waals surface area contributed by atoms with E-state index in [0.717, 1.165) is 20.1 Å². The highest BCUT2D eigenvalue weighted by Crippen LogP contribution is 2.37. The molecule has 0 heterocycles. The van der Waals surface area contributed by atoms with Crippen LogP contribution in [-0.2, 0) is 16.1 Å². The molecule has 0 aromatic heterocycles. The number of benzene rings is 2. The van der Waals surface area contributed by atoms with Gasteiger partial charge in [-0.1, -0.05) is 28.1 Å². The summed E-state index contributed by atoms with van der Waals surface area (Å²) in [6.07, 6.45) is 3.05. The lowest BCUT2D eigenvalue weighted by molar-refractivity contribution is -0.137. The number of halogens is 2. The average molecular weight is 470 g/mol. The van der Waals surface area contributed by atoms with Gasteiger partial charge in [0.15, 0.2) is 11.5 Å². The van der Waals surface area contributed by atoms with Gasteiger partial charge in [-0.15, -0.1) is 0 Å². The van der Waals surface area contributed by atoms with Crippen molar-refractivity contribution < 1.29 is 19.0 Å². The summed E-state index contributed by atoms with van der Waals surface area (Å²) >= 11 is 6.91. The summed E-state index contributed by atoms with van der Waals surface area (Å²) in [7, 11) is 1.58. The zero-order valence-corrected chi connectivity index (χ0v) is 17.1. The Morgan fingerprint density at radius 2 is 1.88 bits per heavy atom. The van der Waals surface area contributed by atoms with E-state index >= 15 is 0 Å². The van der Waals surface area contributed by atoms with Gasteiger partial charge in [-0.2, -0.15) is 0 Å². The SMILES string of the molecule is CCOC(=O)/C=C/c1cc(Br)c(OCc2ccc(Br)cc2)c(OC)c1. The van der Waals surface area contributed by atoms with Crippen LogP contribution >= 0.6 is 31.9 Å². The van der Waals surface area contributed by atoms with Crippen molar-refractivity contribution in [3.63, 3.8) is 0 Å². The largest absolute Gasteiger partial charge is 0.493 e. The molecule has 2 rings (SSSR count). The highest BCUT2D eigenvalue weighted by Gasteiger charge is 2.11. The fourth-order valence-electron chi connectivity index (χ4n) is 2.07. The molecule has 6 heteroatoms. The Morgan fingerprint density at radius 1 is 1.16 bits per heavy atom. The molecular formula is C19H18Br2O4. The van der Waals surface area contributed by atoms with Gasteiger partial charge >= 0.3 is 5.97 Å². The van der Waals surface area contributed by atoms with E-state index in [1.807, 2.05) is 30.3 Å². The van der Waals surface area contributed by atoms with Crippen LogP contribution in [0.3, 0.4) is 0 Å². The fraction of sp³-hybridized carbons (Fsp3) is 0.211. The Kier molecular flexibility index (Phi) is 7.52. The van der Waals surface area contributed by atoms with Gasteiger partial charge in [0.25, 0.3) is 0 Å². The van der Waals surface area contributed by atoms with Crippen LogP contribution in [0.5, 0.6) is 11.5 Å². The predicted molar refractivity (Wildman–Crippen MR) is 105 cm³/mol. The summed E-state index contributed by atoms with van der Waals surface area (Å²) in [5.41, 5.74) is 1.84. The molecule has 0 saturated carbocycles. The Morgan fingerprint density at radius 3 is 2.52 bits per heavy atom. The lowest BCUT2D eigenvalue weighted by Crippen LogP contribution is -2.00. The van der Waals surface area contributed by atoms with Crippen molar-refractivity contribution in [1.82, 2.24) is 0 Å². The number of rotatable bonds is 7. The van der Waals surface area contributed by atoms with Crippen molar-refractivity contribution in [2.75, 3.05) is 13.7 Å². The zero-order valence-electron chi connectivity index (χ0n) is 13.9. The third-order valence-electron chi connectivity index (χ3n) is 3.25. The van der Waals surface area contributed by atoms with Gasteiger partial charge in [0.1, 0.15) is 6.61 Å². The van der Waals surface area contributed by atoms with Crippen LogP contribution in [0.4, 0.5) is 0 Å². The maximum absolute atomic E-state index is 11.4. The summed E-state index contributed by atoms with van der Waals surface area (Å²) < 4.78 is 18.0. The lowest BCUT2D eigenvalue weighted by Gasteiger charge is -2.13. The quantitative estimate of drug-likeness (QED) is 0.403. The summed E-state index contributed by atoms with van der Waals surface area (Å²) in [4.78, 5) is 11.4. The minimum absolute atomic E-state index is 0.346. The van der Waals surface area contributed by atoms with Crippen LogP contribution in [0.2, 0.25) is 0 Å². The van der Waals surface area contributed by atoms with Crippen molar-refractivity contribution in [3.8, 4) is 11.5 Å². The molecule has 25 heavy (non-hydrogen) atoms. The van der Waals surface area contributed by atoms with E-state index in [1.54, 1.807) is 26.2 Å². The Hall–Kier alpha value is -1.79. The molecule has 0 aliphatic heterocycles. The van der Waals surface area contributed by atoms with Gasteiger partial charge in [0, 0.05) is 10.5 Å². The van der Waals surface area contributed by atoms with Crippen molar-refractivity contribution >= 4 is 43.9 Å². The second-order valence-corrected chi connectivity index (χ2v) is 6.80. The lowest BCUT2D eigenvalue weighted by atomic mass is 10.2. The minimum atomic E-state index is -0.381. The highest BCUT2D eigenvalue weighted by atomic mass is 79.9. The van der Waals surface area contributed by atoms with E-state index in [1.165, 1.54) is 6.08 Å². The number of methoxy groups -OCH3 is 1. The molecule has 0 spiro atoms. The summed E-state index contributed by atoms with van der Waals surface area (Å²) in [5, 5.41) is 0. The maximum atomic E-state index is 11.4. The number of hydrogen-bond donors (Lipinski definition) is 0. The third kappa shape index (κ3) is 5.90.